The molecule has 3 N–H and O–H groups in total. The molecule has 162 valence electrons. The number of aryl methyl sites for hydroxylation is 2. The Morgan fingerprint density at radius 1 is 1.37 bits per heavy atom. The number of ether oxygens (including phenoxy) is 1. The molecule has 1 unspecified atom stereocenters. The van der Waals surface area contributed by atoms with Crippen molar-refractivity contribution in [2.75, 3.05) is 25.5 Å². The maximum Gasteiger partial charge on any atom is 0.227 e. The molecule has 0 aliphatic carbocycles. The van der Waals surface area contributed by atoms with Crippen molar-refractivity contribution in [2.45, 2.75) is 52.3 Å². The van der Waals surface area contributed by atoms with Gasteiger partial charge in [0, 0.05) is 38.2 Å². The number of nitrogens with zero attached hydrogens (tertiary/aromatic N) is 5. The van der Waals surface area contributed by atoms with Crippen LogP contribution in [0.5, 0.6) is 0 Å². The molecular formula is C20H30N8O2. The van der Waals surface area contributed by atoms with Gasteiger partial charge in [0.25, 0.3) is 0 Å². The lowest BCUT2D eigenvalue weighted by atomic mass is 10.1. The number of nitrogens with one attached hydrogen (secondary N) is 3. The summed E-state index contributed by atoms with van der Waals surface area (Å²) in [6.07, 6.45) is 2.07. The van der Waals surface area contributed by atoms with Gasteiger partial charge in [0.1, 0.15) is 18.2 Å². The molecule has 0 saturated carbocycles. The Bertz CT molecular complexity index is 879. The first-order valence-corrected chi connectivity index (χ1v) is 10.3. The summed E-state index contributed by atoms with van der Waals surface area (Å²) in [7, 11) is 1.64. The molecular weight excluding hydrogens is 384 g/mol. The summed E-state index contributed by atoms with van der Waals surface area (Å²) >= 11 is 0. The zero-order valence-electron chi connectivity index (χ0n) is 17.8. The Labute approximate surface area is 176 Å². The highest BCUT2D eigenvalue weighted by Crippen LogP contribution is 2.13. The van der Waals surface area contributed by atoms with Gasteiger partial charge in [-0.25, -0.2) is 14.6 Å². The van der Waals surface area contributed by atoms with Crippen LogP contribution >= 0.6 is 0 Å². The molecule has 1 amide bonds. The number of pyridine rings is 1. The molecule has 10 heteroatoms. The van der Waals surface area contributed by atoms with Gasteiger partial charge in [0.15, 0.2) is 11.8 Å². The average molecular weight is 415 g/mol. The van der Waals surface area contributed by atoms with Gasteiger partial charge >= 0.3 is 0 Å². The van der Waals surface area contributed by atoms with Gasteiger partial charge < -0.3 is 20.7 Å². The predicted molar refractivity (Wildman–Crippen MR) is 114 cm³/mol. The first-order chi connectivity index (χ1) is 14.6. The van der Waals surface area contributed by atoms with Gasteiger partial charge in [-0.05, 0) is 32.4 Å². The van der Waals surface area contributed by atoms with Crippen LogP contribution in [0.2, 0.25) is 0 Å². The van der Waals surface area contributed by atoms with Crippen molar-refractivity contribution in [3.63, 3.8) is 0 Å². The molecule has 0 aromatic carbocycles. The zero-order valence-corrected chi connectivity index (χ0v) is 17.8. The highest BCUT2D eigenvalue weighted by Gasteiger charge is 2.22. The predicted octanol–water partition coefficient (Wildman–Crippen LogP) is 1.03. The number of amides is 1. The first kappa shape index (κ1) is 21.7. The molecule has 0 fully saturated rings. The van der Waals surface area contributed by atoms with E-state index in [-0.39, 0.29) is 18.4 Å². The number of guanidine groups is 1. The third kappa shape index (κ3) is 6.24. The van der Waals surface area contributed by atoms with Crippen molar-refractivity contribution >= 4 is 17.7 Å². The fourth-order valence-corrected chi connectivity index (χ4v) is 3.27. The molecule has 1 aliphatic rings. The van der Waals surface area contributed by atoms with Gasteiger partial charge in [0.2, 0.25) is 5.91 Å². The van der Waals surface area contributed by atoms with Crippen molar-refractivity contribution < 1.29 is 9.53 Å². The van der Waals surface area contributed by atoms with Crippen molar-refractivity contribution in [3.8, 4) is 0 Å². The van der Waals surface area contributed by atoms with E-state index < -0.39 is 0 Å². The normalized spacial score (nSPS) is 16.1. The number of carbonyl (C=O) groups is 1. The lowest BCUT2D eigenvalue weighted by molar-refractivity contribution is -0.116. The lowest BCUT2D eigenvalue weighted by Crippen LogP contribution is -2.47. The third-order valence-electron chi connectivity index (χ3n) is 4.63. The molecule has 0 bridgehead atoms. The van der Waals surface area contributed by atoms with E-state index in [9.17, 15) is 4.79 Å². The minimum atomic E-state index is -0.108. The highest BCUT2D eigenvalue weighted by molar-refractivity contribution is 5.90. The van der Waals surface area contributed by atoms with Crippen LogP contribution in [0, 0.1) is 6.92 Å². The number of methoxy groups -OCH3 is 1. The molecule has 0 spiro atoms. The smallest absolute Gasteiger partial charge is 0.227 e. The van der Waals surface area contributed by atoms with Crippen molar-refractivity contribution in [1.29, 1.82) is 0 Å². The van der Waals surface area contributed by atoms with Crippen LogP contribution in [0.15, 0.2) is 23.2 Å². The maximum atomic E-state index is 12.2. The minimum Gasteiger partial charge on any atom is -0.377 e. The zero-order chi connectivity index (χ0) is 21.3. The van der Waals surface area contributed by atoms with Gasteiger partial charge in [0.05, 0.1) is 13.1 Å². The summed E-state index contributed by atoms with van der Waals surface area (Å²) in [6, 6.07) is 5.73. The van der Waals surface area contributed by atoms with Gasteiger partial charge in [-0.2, -0.15) is 5.10 Å². The summed E-state index contributed by atoms with van der Waals surface area (Å²) in [5.74, 6) is 2.85. The monoisotopic (exact) mass is 414 g/mol. The summed E-state index contributed by atoms with van der Waals surface area (Å²) in [4.78, 5) is 25.5. The summed E-state index contributed by atoms with van der Waals surface area (Å²) in [5.41, 5.74) is 0.863. The average Bonchev–Trinajstić information content (AvgIpc) is 3.10. The molecule has 2 aromatic heterocycles. The van der Waals surface area contributed by atoms with E-state index >= 15 is 0 Å². The minimum absolute atomic E-state index is 0.108. The SMILES string of the molecule is CCNC(=NCCC(=O)Nc1cccc(C)n1)NC1CCc2nc(COC)nn2C1. The number of rotatable bonds is 8. The van der Waals surface area contributed by atoms with Crippen LogP contribution in [-0.2, 0) is 29.1 Å². The van der Waals surface area contributed by atoms with Crippen molar-refractivity contribution in [2.24, 2.45) is 4.99 Å². The molecule has 30 heavy (non-hydrogen) atoms. The summed E-state index contributed by atoms with van der Waals surface area (Å²) < 4.78 is 7.05. The Morgan fingerprint density at radius 3 is 3.00 bits per heavy atom. The molecule has 3 heterocycles. The van der Waals surface area contributed by atoms with Crippen LogP contribution in [0.1, 0.15) is 37.1 Å². The van der Waals surface area contributed by atoms with Crippen LogP contribution in [-0.4, -0.2) is 57.9 Å². The van der Waals surface area contributed by atoms with E-state index in [2.05, 4.69) is 36.0 Å². The number of fused-ring (bicyclic) bond motifs is 1. The fraction of sp³-hybridized carbons (Fsp3) is 0.550. The van der Waals surface area contributed by atoms with E-state index in [1.807, 2.05) is 30.7 Å². The molecule has 0 saturated heterocycles. The van der Waals surface area contributed by atoms with E-state index in [1.165, 1.54) is 0 Å². The standard InChI is InChI=1S/C20H30N8O2/c1-4-21-20(22-11-10-19(29)26-16-7-5-6-14(2)23-16)24-15-8-9-18-25-17(13-30-3)27-28(18)12-15/h5-7,15H,4,8-13H2,1-3H3,(H2,21,22,24)(H,23,26,29). The second kappa shape index (κ2) is 10.7. The number of hydrogen-bond donors (Lipinski definition) is 3. The van der Waals surface area contributed by atoms with Crippen LogP contribution in [0.4, 0.5) is 5.82 Å². The quantitative estimate of drug-likeness (QED) is 0.436. The molecule has 1 atom stereocenters. The first-order valence-electron chi connectivity index (χ1n) is 10.3. The van der Waals surface area contributed by atoms with E-state index in [0.29, 0.717) is 30.8 Å². The van der Waals surface area contributed by atoms with Crippen molar-refractivity contribution in [1.82, 2.24) is 30.4 Å². The molecule has 10 nitrogen and oxygen atoms in total. The maximum absolute atomic E-state index is 12.2. The van der Waals surface area contributed by atoms with Gasteiger partial charge in [-0.15, -0.1) is 0 Å². The number of aromatic nitrogens is 4. The number of anilines is 1. The Hall–Kier alpha value is -3.01. The third-order valence-corrected chi connectivity index (χ3v) is 4.63. The summed E-state index contributed by atoms with van der Waals surface area (Å²) in [6.45, 7) is 6.16. The Balaban J connectivity index is 1.51. The van der Waals surface area contributed by atoms with E-state index in [4.69, 9.17) is 4.74 Å². The lowest BCUT2D eigenvalue weighted by Gasteiger charge is -2.25. The van der Waals surface area contributed by atoms with E-state index in [1.54, 1.807) is 13.2 Å². The summed E-state index contributed by atoms with van der Waals surface area (Å²) in [5, 5.41) is 14.0. The van der Waals surface area contributed by atoms with Gasteiger partial charge in [-0.1, -0.05) is 6.07 Å². The molecule has 0 radical (unpaired) electrons. The molecule has 2 aromatic rings. The van der Waals surface area contributed by atoms with Crippen molar-refractivity contribution in [3.05, 3.63) is 35.5 Å². The largest absolute Gasteiger partial charge is 0.377 e. The Kier molecular flexibility index (Phi) is 7.72. The van der Waals surface area contributed by atoms with Crippen LogP contribution < -0.4 is 16.0 Å². The number of hydrogen-bond acceptors (Lipinski definition) is 6. The number of aliphatic imine (C=N–C) groups is 1. The van der Waals surface area contributed by atoms with Gasteiger partial charge in [-0.3, -0.25) is 9.79 Å². The molecule has 1 aliphatic heterocycles. The number of carbonyl (C=O) groups excluding carboxylic acids is 1. The highest BCUT2D eigenvalue weighted by atomic mass is 16.5. The van der Waals surface area contributed by atoms with Crippen LogP contribution in [0.3, 0.4) is 0 Å². The van der Waals surface area contributed by atoms with E-state index in [0.717, 1.165) is 37.4 Å². The Morgan fingerprint density at radius 2 is 2.23 bits per heavy atom. The van der Waals surface area contributed by atoms with Crippen LogP contribution in [0.25, 0.3) is 0 Å². The topological polar surface area (TPSA) is 118 Å². The fourth-order valence-electron chi connectivity index (χ4n) is 3.27. The second-order valence-electron chi connectivity index (χ2n) is 7.16. The molecule has 3 rings (SSSR count). The second-order valence-corrected chi connectivity index (χ2v) is 7.16.